The second-order valence-electron chi connectivity index (χ2n) is 7.91. The van der Waals surface area contributed by atoms with E-state index in [0.717, 1.165) is 45.6 Å². The van der Waals surface area contributed by atoms with Crippen LogP contribution in [0.3, 0.4) is 0 Å². The van der Waals surface area contributed by atoms with Gasteiger partial charge in [0.05, 0.1) is 6.54 Å². The van der Waals surface area contributed by atoms with E-state index in [1.54, 1.807) is 0 Å². The highest BCUT2D eigenvalue weighted by Gasteiger charge is 2.54. The molecule has 2 aromatic rings. The van der Waals surface area contributed by atoms with E-state index in [0.29, 0.717) is 12.0 Å². The maximum Gasteiger partial charge on any atom is 0.325 e. The van der Waals surface area contributed by atoms with Gasteiger partial charge in [0.1, 0.15) is 5.54 Å². The largest absolute Gasteiger partial charge is 0.325 e. The number of ketones is 1. The maximum atomic E-state index is 13.3. The summed E-state index contributed by atoms with van der Waals surface area (Å²) < 4.78 is 0. The highest BCUT2D eigenvalue weighted by Crippen LogP contribution is 2.39. The van der Waals surface area contributed by atoms with E-state index in [2.05, 4.69) is 5.32 Å². The van der Waals surface area contributed by atoms with Gasteiger partial charge in [-0.3, -0.25) is 14.5 Å². The summed E-state index contributed by atoms with van der Waals surface area (Å²) in [5.74, 6) is -0.537. The number of urea groups is 1. The van der Waals surface area contributed by atoms with E-state index >= 15 is 0 Å². The molecule has 1 aliphatic carbocycles. The van der Waals surface area contributed by atoms with Gasteiger partial charge in [0.25, 0.3) is 5.91 Å². The number of nitrogens with one attached hydrogen (secondary N) is 1. The Kier molecular flexibility index (Phi) is 4.33. The van der Waals surface area contributed by atoms with Crippen molar-refractivity contribution in [3.05, 3.63) is 69.8 Å². The van der Waals surface area contributed by atoms with Crippen molar-refractivity contribution in [1.82, 2.24) is 10.2 Å². The summed E-state index contributed by atoms with van der Waals surface area (Å²) in [4.78, 5) is 40.0. The van der Waals surface area contributed by atoms with Crippen LogP contribution < -0.4 is 5.32 Å². The van der Waals surface area contributed by atoms with E-state index in [1.165, 1.54) is 0 Å². The highest BCUT2D eigenvalue weighted by atomic mass is 16.2. The van der Waals surface area contributed by atoms with Gasteiger partial charge in [0.15, 0.2) is 5.78 Å². The van der Waals surface area contributed by atoms with Gasteiger partial charge in [-0.2, -0.15) is 0 Å². The van der Waals surface area contributed by atoms with Crippen LogP contribution in [-0.4, -0.2) is 29.2 Å². The maximum absolute atomic E-state index is 13.3. The minimum Gasteiger partial charge on any atom is -0.319 e. The van der Waals surface area contributed by atoms with Crippen molar-refractivity contribution in [2.75, 3.05) is 6.54 Å². The normalized spacial score (nSPS) is 21.0. The number of benzene rings is 2. The molecule has 1 spiro atoms. The molecular formula is C23H24N2O3. The molecule has 0 aromatic heterocycles. The zero-order chi connectivity index (χ0) is 20.1. The molecule has 2 aliphatic rings. The Balaban J connectivity index is 1.65. The molecule has 0 radical (unpaired) electrons. The number of fused-ring (bicyclic) bond motifs is 2. The van der Waals surface area contributed by atoms with E-state index in [4.69, 9.17) is 0 Å². The average Bonchev–Trinajstić information content (AvgIpc) is 2.90. The molecule has 1 heterocycles. The first-order chi connectivity index (χ1) is 13.3. The Morgan fingerprint density at radius 1 is 1.07 bits per heavy atom. The SMILES string of the molecule is Cc1cc(C)c(C(=O)CN2C(=O)N[C@]3(CCCc4ccccc43)C2=O)cc1C. The van der Waals surface area contributed by atoms with Gasteiger partial charge in [-0.25, -0.2) is 4.79 Å². The van der Waals surface area contributed by atoms with Crippen molar-refractivity contribution in [1.29, 1.82) is 0 Å². The van der Waals surface area contributed by atoms with Gasteiger partial charge in [-0.05, 0) is 73.9 Å². The van der Waals surface area contributed by atoms with Crippen LogP contribution in [0.1, 0.15) is 51.0 Å². The fourth-order valence-corrected chi connectivity index (χ4v) is 4.44. The van der Waals surface area contributed by atoms with Crippen LogP contribution in [0.25, 0.3) is 0 Å². The average molecular weight is 376 g/mol. The van der Waals surface area contributed by atoms with Gasteiger partial charge in [0.2, 0.25) is 0 Å². The number of hydrogen-bond acceptors (Lipinski definition) is 3. The second-order valence-corrected chi connectivity index (χ2v) is 7.91. The van der Waals surface area contributed by atoms with Crippen LogP contribution in [0.15, 0.2) is 36.4 Å². The molecule has 0 bridgehead atoms. The molecule has 1 fully saturated rings. The molecule has 28 heavy (non-hydrogen) atoms. The lowest BCUT2D eigenvalue weighted by Crippen LogP contribution is -2.46. The quantitative estimate of drug-likeness (QED) is 0.658. The van der Waals surface area contributed by atoms with Crippen molar-refractivity contribution in [3.8, 4) is 0 Å². The van der Waals surface area contributed by atoms with Crippen molar-refractivity contribution in [2.45, 2.75) is 45.6 Å². The monoisotopic (exact) mass is 376 g/mol. The third-order valence-corrected chi connectivity index (χ3v) is 6.09. The van der Waals surface area contributed by atoms with Crippen LogP contribution in [0, 0.1) is 20.8 Å². The van der Waals surface area contributed by atoms with E-state index in [1.807, 2.05) is 57.2 Å². The van der Waals surface area contributed by atoms with E-state index in [9.17, 15) is 14.4 Å². The summed E-state index contributed by atoms with van der Waals surface area (Å²) in [7, 11) is 0. The number of nitrogens with zero attached hydrogens (tertiary/aromatic N) is 1. The van der Waals surface area contributed by atoms with Crippen LogP contribution in [0.2, 0.25) is 0 Å². The van der Waals surface area contributed by atoms with Crippen molar-refractivity contribution in [2.24, 2.45) is 0 Å². The van der Waals surface area contributed by atoms with Crippen LogP contribution >= 0.6 is 0 Å². The number of imide groups is 1. The van der Waals surface area contributed by atoms with Crippen molar-refractivity contribution >= 4 is 17.7 Å². The summed E-state index contributed by atoms with van der Waals surface area (Å²) in [6.07, 6.45) is 2.27. The molecule has 1 saturated heterocycles. The molecule has 5 nitrogen and oxygen atoms in total. The highest BCUT2D eigenvalue weighted by molar-refractivity contribution is 6.12. The molecule has 0 unspecified atom stereocenters. The van der Waals surface area contributed by atoms with Gasteiger partial charge < -0.3 is 5.32 Å². The van der Waals surface area contributed by atoms with Gasteiger partial charge in [0, 0.05) is 5.56 Å². The summed E-state index contributed by atoms with van der Waals surface area (Å²) in [5.41, 5.74) is 4.46. The number of Topliss-reactive ketones (excluding diaryl/α,β-unsaturated/α-hetero) is 1. The number of amides is 3. The van der Waals surface area contributed by atoms with Crippen molar-refractivity contribution < 1.29 is 14.4 Å². The van der Waals surface area contributed by atoms with Gasteiger partial charge in [-0.1, -0.05) is 30.3 Å². The molecule has 1 aliphatic heterocycles. The second kappa shape index (κ2) is 6.59. The topological polar surface area (TPSA) is 66.5 Å². The summed E-state index contributed by atoms with van der Waals surface area (Å²) in [6.45, 7) is 5.59. The Morgan fingerprint density at radius 2 is 1.79 bits per heavy atom. The standard InChI is InChI=1S/C23H24N2O3/c1-14-11-16(3)18(12-15(14)2)20(26)13-25-21(27)23(24-22(25)28)10-6-8-17-7-4-5-9-19(17)23/h4-5,7,9,11-12H,6,8,10,13H2,1-3H3,(H,24,28)/t23-/m0/s1. The number of carbonyl (C=O) groups excluding carboxylic acids is 3. The molecule has 144 valence electrons. The smallest absolute Gasteiger partial charge is 0.319 e. The Bertz CT molecular complexity index is 1010. The zero-order valence-corrected chi connectivity index (χ0v) is 16.5. The van der Waals surface area contributed by atoms with E-state index < -0.39 is 11.6 Å². The van der Waals surface area contributed by atoms with Gasteiger partial charge >= 0.3 is 6.03 Å². The summed E-state index contributed by atoms with van der Waals surface area (Å²) >= 11 is 0. The lowest BCUT2D eigenvalue weighted by Gasteiger charge is -2.33. The Morgan fingerprint density at radius 3 is 2.57 bits per heavy atom. The number of hydrogen-bond donors (Lipinski definition) is 1. The van der Waals surface area contributed by atoms with Crippen LogP contribution in [-0.2, 0) is 16.8 Å². The Hall–Kier alpha value is -2.95. The predicted octanol–water partition coefficient (Wildman–Crippen LogP) is 3.58. The first-order valence-electron chi connectivity index (χ1n) is 9.67. The molecule has 5 heteroatoms. The predicted molar refractivity (Wildman–Crippen MR) is 106 cm³/mol. The van der Waals surface area contributed by atoms with Crippen LogP contribution in [0.4, 0.5) is 4.79 Å². The fourth-order valence-electron chi connectivity index (χ4n) is 4.44. The first-order valence-corrected chi connectivity index (χ1v) is 9.67. The van der Waals surface area contributed by atoms with Crippen molar-refractivity contribution in [3.63, 3.8) is 0 Å². The molecule has 1 atom stereocenters. The minimum atomic E-state index is -1.04. The number of aryl methyl sites for hydroxylation is 4. The molecule has 0 saturated carbocycles. The third kappa shape index (κ3) is 2.73. The fraction of sp³-hybridized carbons (Fsp3) is 0.348. The summed E-state index contributed by atoms with van der Waals surface area (Å²) in [5, 5.41) is 2.90. The lowest BCUT2D eigenvalue weighted by molar-refractivity contribution is -0.131. The van der Waals surface area contributed by atoms with Gasteiger partial charge in [-0.15, -0.1) is 0 Å². The zero-order valence-electron chi connectivity index (χ0n) is 16.5. The number of carbonyl (C=O) groups is 3. The third-order valence-electron chi connectivity index (χ3n) is 6.09. The first kappa shape index (κ1) is 18.4. The summed E-state index contributed by atoms with van der Waals surface area (Å²) in [6, 6.07) is 11.1. The molecule has 2 aromatic carbocycles. The van der Waals surface area contributed by atoms with Crippen LogP contribution in [0.5, 0.6) is 0 Å². The molecule has 1 N–H and O–H groups in total. The van der Waals surface area contributed by atoms with E-state index in [-0.39, 0.29) is 18.2 Å². The molecule has 3 amide bonds. The number of rotatable bonds is 3. The minimum absolute atomic E-state index is 0.217. The Labute approximate surface area is 164 Å². The molecular weight excluding hydrogens is 352 g/mol. The molecule has 4 rings (SSSR count). The lowest BCUT2D eigenvalue weighted by atomic mass is 9.76.